The minimum Gasteiger partial charge on any atom is -0.480 e. The molecule has 30 heavy (non-hydrogen) atoms. The summed E-state index contributed by atoms with van der Waals surface area (Å²) in [5, 5.41) is 13.9. The first-order valence-electron chi connectivity index (χ1n) is 9.68. The SMILES string of the molecule is C=CC[C@H](NC(=O)[C@H](C)NC(=O)OCC1c2ccccc2-c2ccccc21)C(=O)O. The van der Waals surface area contributed by atoms with Crippen LogP contribution in [0.15, 0.2) is 61.2 Å². The number of rotatable bonds is 8. The van der Waals surface area contributed by atoms with Crippen LogP contribution in [-0.2, 0) is 14.3 Å². The highest BCUT2D eigenvalue weighted by molar-refractivity contribution is 5.89. The van der Waals surface area contributed by atoms with Gasteiger partial charge in [0.05, 0.1) is 0 Å². The minimum atomic E-state index is -1.17. The van der Waals surface area contributed by atoms with E-state index in [2.05, 4.69) is 17.2 Å². The van der Waals surface area contributed by atoms with Crippen molar-refractivity contribution in [2.45, 2.75) is 31.3 Å². The fourth-order valence-corrected chi connectivity index (χ4v) is 3.57. The van der Waals surface area contributed by atoms with Crippen LogP contribution in [0.5, 0.6) is 0 Å². The number of ether oxygens (including phenoxy) is 1. The van der Waals surface area contributed by atoms with Crippen LogP contribution < -0.4 is 10.6 Å². The summed E-state index contributed by atoms with van der Waals surface area (Å²) in [7, 11) is 0. The molecule has 0 radical (unpaired) electrons. The number of alkyl carbamates (subject to hydrolysis) is 1. The quantitative estimate of drug-likeness (QED) is 0.583. The van der Waals surface area contributed by atoms with E-state index < -0.39 is 30.1 Å². The maximum absolute atomic E-state index is 12.2. The fourth-order valence-electron chi connectivity index (χ4n) is 3.57. The molecular formula is C23H24N2O5. The molecule has 0 aliphatic heterocycles. The van der Waals surface area contributed by atoms with Crippen LogP contribution in [0, 0.1) is 0 Å². The van der Waals surface area contributed by atoms with Crippen LogP contribution in [-0.4, -0.2) is 41.8 Å². The molecule has 0 spiro atoms. The molecule has 0 unspecified atom stereocenters. The third-order valence-corrected chi connectivity index (χ3v) is 5.09. The smallest absolute Gasteiger partial charge is 0.407 e. The maximum atomic E-state index is 12.2. The molecule has 3 N–H and O–H groups in total. The van der Waals surface area contributed by atoms with Gasteiger partial charge in [0.15, 0.2) is 0 Å². The highest BCUT2D eigenvalue weighted by Crippen LogP contribution is 2.44. The van der Waals surface area contributed by atoms with E-state index >= 15 is 0 Å². The third-order valence-electron chi connectivity index (χ3n) is 5.09. The van der Waals surface area contributed by atoms with E-state index in [1.165, 1.54) is 13.0 Å². The van der Waals surface area contributed by atoms with Gasteiger partial charge in [-0.25, -0.2) is 9.59 Å². The molecule has 2 aromatic carbocycles. The molecule has 0 fully saturated rings. The van der Waals surface area contributed by atoms with Crippen LogP contribution in [0.4, 0.5) is 4.79 Å². The predicted octanol–water partition coefficient (Wildman–Crippen LogP) is 3.06. The Hall–Kier alpha value is -3.61. The van der Waals surface area contributed by atoms with Crippen molar-refractivity contribution in [1.29, 1.82) is 0 Å². The van der Waals surface area contributed by atoms with Crippen molar-refractivity contribution < 1.29 is 24.2 Å². The summed E-state index contributed by atoms with van der Waals surface area (Å²) in [5.74, 6) is -1.87. The van der Waals surface area contributed by atoms with Crippen molar-refractivity contribution >= 4 is 18.0 Å². The molecule has 1 aliphatic carbocycles. The molecule has 0 aromatic heterocycles. The number of carbonyl (C=O) groups is 3. The van der Waals surface area contributed by atoms with Gasteiger partial charge in [-0.3, -0.25) is 4.79 Å². The zero-order valence-corrected chi connectivity index (χ0v) is 16.6. The summed E-state index contributed by atoms with van der Waals surface area (Å²) in [4.78, 5) is 35.6. The zero-order chi connectivity index (χ0) is 21.7. The van der Waals surface area contributed by atoms with E-state index in [1.807, 2.05) is 48.5 Å². The van der Waals surface area contributed by atoms with Crippen molar-refractivity contribution in [3.05, 3.63) is 72.3 Å². The van der Waals surface area contributed by atoms with Gasteiger partial charge >= 0.3 is 12.1 Å². The lowest BCUT2D eigenvalue weighted by molar-refractivity contribution is -0.141. The van der Waals surface area contributed by atoms with Crippen LogP contribution >= 0.6 is 0 Å². The Balaban J connectivity index is 1.59. The lowest BCUT2D eigenvalue weighted by atomic mass is 9.98. The third kappa shape index (κ3) is 4.51. The molecule has 2 atom stereocenters. The first kappa shape index (κ1) is 21.1. The Labute approximate surface area is 174 Å². The fraction of sp³-hybridized carbons (Fsp3) is 0.261. The van der Waals surface area contributed by atoms with Gasteiger partial charge in [-0.15, -0.1) is 6.58 Å². The molecule has 1 aliphatic rings. The normalized spacial score (nSPS) is 14.0. The largest absolute Gasteiger partial charge is 0.480 e. The summed E-state index contributed by atoms with van der Waals surface area (Å²) < 4.78 is 5.40. The Morgan fingerprint density at radius 2 is 1.63 bits per heavy atom. The topological polar surface area (TPSA) is 105 Å². The van der Waals surface area contributed by atoms with Crippen molar-refractivity contribution in [3.8, 4) is 11.1 Å². The van der Waals surface area contributed by atoms with Gasteiger partial charge in [0.1, 0.15) is 18.7 Å². The number of fused-ring (bicyclic) bond motifs is 3. The molecule has 0 saturated carbocycles. The molecule has 156 valence electrons. The number of carboxylic acids is 1. The van der Waals surface area contributed by atoms with Crippen LogP contribution in [0.1, 0.15) is 30.4 Å². The Morgan fingerprint density at radius 3 is 2.17 bits per heavy atom. The van der Waals surface area contributed by atoms with Crippen LogP contribution in [0.25, 0.3) is 11.1 Å². The summed E-state index contributed by atoms with van der Waals surface area (Å²) >= 11 is 0. The predicted molar refractivity (Wildman–Crippen MR) is 112 cm³/mol. The van der Waals surface area contributed by atoms with E-state index in [0.717, 1.165) is 22.3 Å². The van der Waals surface area contributed by atoms with E-state index in [-0.39, 0.29) is 18.9 Å². The molecule has 0 saturated heterocycles. The maximum Gasteiger partial charge on any atom is 0.407 e. The number of carboxylic acid groups (broad SMARTS) is 1. The molecule has 7 nitrogen and oxygen atoms in total. The average molecular weight is 408 g/mol. The van der Waals surface area contributed by atoms with Gasteiger partial charge in [-0.2, -0.15) is 0 Å². The summed E-state index contributed by atoms with van der Waals surface area (Å²) in [5.41, 5.74) is 4.42. The lowest BCUT2D eigenvalue weighted by Crippen LogP contribution is -2.50. The highest BCUT2D eigenvalue weighted by atomic mass is 16.5. The van der Waals surface area contributed by atoms with Crippen molar-refractivity contribution in [3.63, 3.8) is 0 Å². The molecular weight excluding hydrogens is 384 g/mol. The molecule has 2 amide bonds. The standard InChI is InChI=1S/C23H24N2O5/c1-3-8-20(22(27)28)25-21(26)14(2)24-23(29)30-13-19-17-11-6-4-9-15(17)16-10-5-7-12-18(16)19/h3-7,9-12,14,19-20H,1,8,13H2,2H3,(H,24,29)(H,25,26)(H,27,28)/t14-,20-/m0/s1. The van der Waals surface area contributed by atoms with Gasteiger partial charge in [0.25, 0.3) is 0 Å². The van der Waals surface area contributed by atoms with E-state index in [1.54, 1.807) is 0 Å². The van der Waals surface area contributed by atoms with Gasteiger partial charge in [0, 0.05) is 5.92 Å². The number of carbonyl (C=O) groups excluding carboxylic acids is 2. The van der Waals surface area contributed by atoms with Crippen molar-refractivity contribution in [1.82, 2.24) is 10.6 Å². The van der Waals surface area contributed by atoms with Gasteiger partial charge < -0.3 is 20.5 Å². The second-order valence-electron chi connectivity index (χ2n) is 7.12. The number of benzene rings is 2. The van der Waals surface area contributed by atoms with Crippen LogP contribution in [0.2, 0.25) is 0 Å². The highest BCUT2D eigenvalue weighted by Gasteiger charge is 2.29. The van der Waals surface area contributed by atoms with Gasteiger partial charge in [0.2, 0.25) is 5.91 Å². The molecule has 0 heterocycles. The number of hydrogen-bond donors (Lipinski definition) is 3. The monoisotopic (exact) mass is 408 g/mol. The van der Waals surface area contributed by atoms with E-state index in [0.29, 0.717) is 0 Å². The lowest BCUT2D eigenvalue weighted by Gasteiger charge is -2.19. The van der Waals surface area contributed by atoms with Crippen LogP contribution in [0.3, 0.4) is 0 Å². The number of amides is 2. The second kappa shape index (κ2) is 9.26. The molecule has 7 heteroatoms. The first-order valence-corrected chi connectivity index (χ1v) is 9.68. The van der Waals surface area contributed by atoms with Gasteiger partial charge in [-0.1, -0.05) is 54.6 Å². The molecule has 0 bridgehead atoms. The zero-order valence-electron chi connectivity index (χ0n) is 16.6. The minimum absolute atomic E-state index is 0.0821. The molecule has 3 rings (SSSR count). The van der Waals surface area contributed by atoms with E-state index in [9.17, 15) is 14.4 Å². The summed E-state index contributed by atoms with van der Waals surface area (Å²) in [6.07, 6.45) is 0.747. The van der Waals surface area contributed by atoms with Gasteiger partial charge in [-0.05, 0) is 35.6 Å². The van der Waals surface area contributed by atoms with Crippen molar-refractivity contribution in [2.75, 3.05) is 6.61 Å². The Morgan fingerprint density at radius 1 is 1.07 bits per heavy atom. The second-order valence-corrected chi connectivity index (χ2v) is 7.12. The van der Waals surface area contributed by atoms with E-state index in [4.69, 9.17) is 9.84 Å². The van der Waals surface area contributed by atoms with Crippen molar-refractivity contribution in [2.24, 2.45) is 0 Å². The number of aliphatic carboxylic acids is 1. The average Bonchev–Trinajstić information content (AvgIpc) is 3.05. The number of nitrogens with one attached hydrogen (secondary N) is 2. The summed E-state index contributed by atoms with van der Waals surface area (Å²) in [6, 6.07) is 13.9. The number of hydrogen-bond acceptors (Lipinski definition) is 4. The Bertz CT molecular complexity index is 926. The molecule has 2 aromatic rings. The first-order chi connectivity index (χ1) is 14.4. The summed E-state index contributed by atoms with van der Waals surface area (Å²) in [6.45, 7) is 5.06. The Kier molecular flexibility index (Phi) is 6.51.